The van der Waals surface area contributed by atoms with Gasteiger partial charge >= 0.3 is 5.97 Å². The molecule has 0 saturated carbocycles. The zero-order valence-electron chi connectivity index (χ0n) is 9.00. The number of aliphatic carboxylic acids is 1. The van der Waals surface area contributed by atoms with Gasteiger partial charge < -0.3 is 5.11 Å². The highest BCUT2D eigenvalue weighted by molar-refractivity contribution is 5.70. The van der Waals surface area contributed by atoms with Gasteiger partial charge in [0.25, 0.3) is 0 Å². The van der Waals surface area contributed by atoms with Crippen LogP contribution in [-0.4, -0.2) is 11.1 Å². The van der Waals surface area contributed by atoms with E-state index in [9.17, 15) is 4.79 Å². The number of carboxylic acids is 1. The molecule has 0 aromatic heterocycles. The highest BCUT2D eigenvalue weighted by Gasteiger charge is 2.16. The van der Waals surface area contributed by atoms with Crippen LogP contribution in [0.1, 0.15) is 40.5 Å². The average molecular weight is 184 g/mol. The summed E-state index contributed by atoms with van der Waals surface area (Å²) in [5.74, 6) is -0.437. The maximum atomic E-state index is 10.8. The van der Waals surface area contributed by atoms with E-state index in [-0.39, 0.29) is 5.92 Å². The second-order valence-electron chi connectivity index (χ2n) is 4.18. The van der Waals surface area contributed by atoms with Crippen LogP contribution in [0.2, 0.25) is 0 Å². The fourth-order valence-electron chi connectivity index (χ4n) is 1.24. The monoisotopic (exact) mass is 184 g/mol. The molecule has 0 spiro atoms. The fourth-order valence-corrected chi connectivity index (χ4v) is 1.24. The summed E-state index contributed by atoms with van der Waals surface area (Å²) in [5.41, 5.74) is 1.19. The van der Waals surface area contributed by atoms with E-state index >= 15 is 0 Å². The van der Waals surface area contributed by atoms with Crippen LogP contribution in [0.4, 0.5) is 0 Å². The molecule has 0 aliphatic carbocycles. The second-order valence-corrected chi connectivity index (χ2v) is 4.18. The summed E-state index contributed by atoms with van der Waals surface area (Å²) >= 11 is 0. The molecule has 0 bridgehead atoms. The molecule has 0 saturated heterocycles. The Bertz CT molecular complexity index is 188. The molecule has 2 nitrogen and oxygen atoms in total. The van der Waals surface area contributed by atoms with Crippen molar-refractivity contribution >= 4 is 5.97 Å². The lowest BCUT2D eigenvalue weighted by Crippen LogP contribution is -2.15. The normalized spacial score (nSPS) is 12.7. The molecule has 0 aromatic carbocycles. The topological polar surface area (TPSA) is 37.3 Å². The van der Waals surface area contributed by atoms with Crippen molar-refractivity contribution in [3.8, 4) is 0 Å². The van der Waals surface area contributed by atoms with Crippen LogP contribution in [0.15, 0.2) is 11.6 Å². The number of hydrogen-bond acceptors (Lipinski definition) is 1. The van der Waals surface area contributed by atoms with Gasteiger partial charge in [-0.2, -0.15) is 0 Å². The smallest absolute Gasteiger partial charge is 0.306 e. The third-order valence-electron chi connectivity index (χ3n) is 1.92. The first-order chi connectivity index (χ1) is 5.93. The van der Waals surface area contributed by atoms with Crippen molar-refractivity contribution in [3.05, 3.63) is 11.6 Å². The van der Waals surface area contributed by atoms with E-state index in [2.05, 4.69) is 13.8 Å². The Balaban J connectivity index is 4.11. The third kappa shape index (κ3) is 6.38. The van der Waals surface area contributed by atoms with Crippen LogP contribution >= 0.6 is 0 Å². The van der Waals surface area contributed by atoms with Gasteiger partial charge in [-0.1, -0.05) is 25.5 Å². The van der Waals surface area contributed by atoms with Crippen molar-refractivity contribution < 1.29 is 9.90 Å². The molecule has 0 rings (SSSR count). The molecule has 0 amide bonds. The standard InChI is InChI=1S/C11H20O2/c1-8(2)5-6-10(11(12)13)7-9(3)4/h5,9-10H,6-7H2,1-4H3,(H,12,13). The predicted molar refractivity (Wildman–Crippen MR) is 54.6 cm³/mol. The van der Waals surface area contributed by atoms with Crippen LogP contribution in [0, 0.1) is 11.8 Å². The number of hydrogen-bond donors (Lipinski definition) is 1. The zero-order valence-corrected chi connectivity index (χ0v) is 9.00. The minimum absolute atomic E-state index is 0.213. The Morgan fingerprint density at radius 2 is 1.92 bits per heavy atom. The number of allylic oxidation sites excluding steroid dienone is 2. The van der Waals surface area contributed by atoms with E-state index in [1.807, 2.05) is 19.9 Å². The summed E-state index contributed by atoms with van der Waals surface area (Å²) in [4.78, 5) is 10.8. The van der Waals surface area contributed by atoms with E-state index in [0.29, 0.717) is 12.3 Å². The molecule has 1 atom stereocenters. The van der Waals surface area contributed by atoms with E-state index in [1.54, 1.807) is 0 Å². The summed E-state index contributed by atoms with van der Waals surface area (Å²) in [5, 5.41) is 8.91. The summed E-state index contributed by atoms with van der Waals surface area (Å²) in [6, 6.07) is 0. The van der Waals surface area contributed by atoms with Gasteiger partial charge in [0, 0.05) is 0 Å². The fraction of sp³-hybridized carbons (Fsp3) is 0.727. The summed E-state index contributed by atoms with van der Waals surface area (Å²) in [6.45, 7) is 8.10. The van der Waals surface area contributed by atoms with Crippen molar-refractivity contribution in [1.82, 2.24) is 0 Å². The first-order valence-corrected chi connectivity index (χ1v) is 4.79. The van der Waals surface area contributed by atoms with Gasteiger partial charge in [-0.05, 0) is 32.6 Å². The van der Waals surface area contributed by atoms with Crippen molar-refractivity contribution in [2.45, 2.75) is 40.5 Å². The second kappa shape index (κ2) is 5.79. The lowest BCUT2D eigenvalue weighted by molar-refractivity contribution is -0.142. The molecule has 1 unspecified atom stereocenters. The molecule has 2 heteroatoms. The molecule has 13 heavy (non-hydrogen) atoms. The van der Waals surface area contributed by atoms with E-state index in [4.69, 9.17) is 5.11 Å². The first-order valence-electron chi connectivity index (χ1n) is 4.79. The van der Waals surface area contributed by atoms with E-state index in [0.717, 1.165) is 6.42 Å². The number of carbonyl (C=O) groups is 1. The molecular weight excluding hydrogens is 164 g/mol. The van der Waals surface area contributed by atoms with Gasteiger partial charge in [0.05, 0.1) is 5.92 Å². The highest BCUT2D eigenvalue weighted by atomic mass is 16.4. The number of carboxylic acid groups (broad SMARTS) is 1. The quantitative estimate of drug-likeness (QED) is 0.667. The van der Waals surface area contributed by atoms with Gasteiger partial charge in [-0.15, -0.1) is 0 Å². The Hall–Kier alpha value is -0.790. The van der Waals surface area contributed by atoms with Gasteiger partial charge in [-0.3, -0.25) is 4.79 Å². The third-order valence-corrected chi connectivity index (χ3v) is 1.92. The summed E-state index contributed by atoms with van der Waals surface area (Å²) in [6.07, 6.45) is 3.43. The van der Waals surface area contributed by atoms with Crippen LogP contribution in [0.25, 0.3) is 0 Å². The van der Waals surface area contributed by atoms with Crippen LogP contribution in [-0.2, 0) is 4.79 Å². The van der Waals surface area contributed by atoms with Crippen molar-refractivity contribution in [1.29, 1.82) is 0 Å². The van der Waals surface area contributed by atoms with Crippen LogP contribution < -0.4 is 0 Å². The van der Waals surface area contributed by atoms with Gasteiger partial charge in [-0.25, -0.2) is 0 Å². The van der Waals surface area contributed by atoms with Crippen LogP contribution in [0.3, 0.4) is 0 Å². The maximum Gasteiger partial charge on any atom is 0.306 e. The van der Waals surface area contributed by atoms with Crippen molar-refractivity contribution in [3.63, 3.8) is 0 Å². The molecule has 0 aliphatic heterocycles. The zero-order chi connectivity index (χ0) is 10.4. The Kier molecular flexibility index (Phi) is 5.44. The maximum absolute atomic E-state index is 10.8. The Morgan fingerprint density at radius 1 is 1.38 bits per heavy atom. The van der Waals surface area contributed by atoms with E-state index < -0.39 is 5.97 Å². The highest BCUT2D eigenvalue weighted by Crippen LogP contribution is 2.16. The van der Waals surface area contributed by atoms with E-state index in [1.165, 1.54) is 5.57 Å². The molecule has 0 fully saturated rings. The van der Waals surface area contributed by atoms with Gasteiger partial charge in [0.1, 0.15) is 0 Å². The molecule has 0 aliphatic rings. The lowest BCUT2D eigenvalue weighted by Gasteiger charge is -2.12. The Morgan fingerprint density at radius 3 is 2.23 bits per heavy atom. The van der Waals surface area contributed by atoms with Crippen molar-refractivity contribution in [2.24, 2.45) is 11.8 Å². The summed E-state index contributed by atoms with van der Waals surface area (Å²) in [7, 11) is 0. The number of rotatable bonds is 5. The molecular formula is C11H20O2. The minimum atomic E-state index is -0.675. The van der Waals surface area contributed by atoms with Gasteiger partial charge in [0.2, 0.25) is 0 Å². The minimum Gasteiger partial charge on any atom is -0.481 e. The molecule has 76 valence electrons. The lowest BCUT2D eigenvalue weighted by atomic mass is 9.93. The first kappa shape index (κ1) is 12.2. The van der Waals surface area contributed by atoms with Crippen LogP contribution in [0.5, 0.6) is 0 Å². The molecule has 0 radical (unpaired) electrons. The summed E-state index contributed by atoms with van der Waals surface area (Å²) < 4.78 is 0. The molecule has 1 N–H and O–H groups in total. The van der Waals surface area contributed by atoms with Crippen molar-refractivity contribution in [2.75, 3.05) is 0 Å². The van der Waals surface area contributed by atoms with Gasteiger partial charge in [0.15, 0.2) is 0 Å². The SMILES string of the molecule is CC(C)=CCC(CC(C)C)C(=O)O. The predicted octanol–water partition coefficient (Wildman–Crippen LogP) is 3.09. The Labute approximate surface area is 80.7 Å². The molecule has 0 aromatic rings. The average Bonchev–Trinajstić information content (AvgIpc) is 1.96. The largest absolute Gasteiger partial charge is 0.481 e. The molecule has 0 heterocycles.